The molecule has 0 aromatic rings. The first-order valence-corrected chi connectivity index (χ1v) is 6.53. The van der Waals surface area contributed by atoms with Crippen molar-refractivity contribution in [3.8, 4) is 0 Å². The first-order chi connectivity index (χ1) is 7.42. The van der Waals surface area contributed by atoms with Crippen LogP contribution < -0.4 is 0 Å². The number of hydrogen-bond acceptors (Lipinski definition) is 2. The number of nitrogens with zero attached hydrogens (tertiary/aromatic N) is 2. The van der Waals surface area contributed by atoms with Gasteiger partial charge in [0.15, 0.2) is 0 Å². The van der Waals surface area contributed by atoms with Crippen molar-refractivity contribution in [1.29, 1.82) is 0 Å². The number of nitroso groups, excluding NO2 is 1. The molecule has 3 aliphatic rings. The second-order valence-electron chi connectivity index (χ2n) is 5.49. The van der Waals surface area contributed by atoms with Crippen LogP contribution in [0.1, 0.15) is 51.4 Å². The Morgan fingerprint density at radius 1 is 0.800 bits per heavy atom. The van der Waals surface area contributed by atoms with E-state index in [2.05, 4.69) is 5.29 Å². The Hall–Kier alpha value is -0.600. The van der Waals surface area contributed by atoms with E-state index in [0.29, 0.717) is 12.1 Å². The Bertz CT molecular complexity index is 234. The van der Waals surface area contributed by atoms with E-state index in [4.69, 9.17) is 0 Å². The minimum Gasteiger partial charge on any atom is -0.254 e. The smallest absolute Gasteiger partial charge is 0.0537 e. The molecule has 0 aromatic carbocycles. The summed E-state index contributed by atoms with van der Waals surface area (Å²) < 4.78 is 0. The van der Waals surface area contributed by atoms with Crippen LogP contribution in [0.4, 0.5) is 0 Å². The van der Waals surface area contributed by atoms with Crippen LogP contribution in [0, 0.1) is 16.7 Å². The summed E-state index contributed by atoms with van der Waals surface area (Å²) in [6, 6.07) is 1.01. The molecule has 1 heterocycles. The van der Waals surface area contributed by atoms with Crippen LogP contribution in [0.25, 0.3) is 0 Å². The molecule has 0 N–H and O–H groups in total. The molecule has 15 heavy (non-hydrogen) atoms. The van der Waals surface area contributed by atoms with Crippen molar-refractivity contribution in [3.05, 3.63) is 4.91 Å². The summed E-state index contributed by atoms with van der Waals surface area (Å²) in [6.45, 7) is 0. The van der Waals surface area contributed by atoms with Crippen LogP contribution in [0.15, 0.2) is 5.29 Å². The fraction of sp³-hybridized carbons (Fsp3) is 1.00. The van der Waals surface area contributed by atoms with Gasteiger partial charge in [0.2, 0.25) is 0 Å². The summed E-state index contributed by atoms with van der Waals surface area (Å²) in [5, 5.41) is 5.29. The zero-order valence-corrected chi connectivity index (χ0v) is 9.27. The quantitative estimate of drug-likeness (QED) is 0.620. The average Bonchev–Trinajstić information content (AvgIpc) is 2.63. The Morgan fingerprint density at radius 3 is 1.73 bits per heavy atom. The van der Waals surface area contributed by atoms with Gasteiger partial charge in [-0.1, -0.05) is 25.7 Å². The fourth-order valence-electron chi connectivity index (χ4n) is 4.30. The van der Waals surface area contributed by atoms with Gasteiger partial charge >= 0.3 is 0 Å². The summed E-state index contributed by atoms with van der Waals surface area (Å²) >= 11 is 0. The first-order valence-electron chi connectivity index (χ1n) is 6.53. The molecule has 3 heteroatoms. The zero-order valence-electron chi connectivity index (χ0n) is 9.27. The predicted octanol–water partition coefficient (Wildman–Crippen LogP) is 3.10. The lowest BCUT2D eigenvalue weighted by atomic mass is 9.73. The van der Waals surface area contributed by atoms with Crippen molar-refractivity contribution in [1.82, 2.24) is 5.01 Å². The summed E-state index contributed by atoms with van der Waals surface area (Å²) in [5.41, 5.74) is 0. The van der Waals surface area contributed by atoms with Gasteiger partial charge in [-0.3, -0.25) is 5.01 Å². The lowest BCUT2D eigenvalue weighted by Gasteiger charge is -2.29. The molecule has 4 atom stereocenters. The normalized spacial score (nSPS) is 44.7. The Balaban J connectivity index is 1.86. The lowest BCUT2D eigenvalue weighted by Crippen LogP contribution is -2.34. The average molecular weight is 208 g/mol. The minimum atomic E-state index is 0.504. The highest BCUT2D eigenvalue weighted by Crippen LogP contribution is 2.49. The van der Waals surface area contributed by atoms with Gasteiger partial charge in [0.05, 0.1) is 17.4 Å². The van der Waals surface area contributed by atoms with E-state index in [9.17, 15) is 4.91 Å². The van der Waals surface area contributed by atoms with Gasteiger partial charge in [0.1, 0.15) is 0 Å². The molecule has 2 aliphatic carbocycles. The number of hydrogen-bond donors (Lipinski definition) is 0. The Kier molecular flexibility index (Phi) is 2.41. The molecule has 0 spiro atoms. The summed E-state index contributed by atoms with van der Waals surface area (Å²) in [7, 11) is 0. The highest BCUT2D eigenvalue weighted by atomic mass is 16.3. The Morgan fingerprint density at radius 2 is 1.27 bits per heavy atom. The van der Waals surface area contributed by atoms with Crippen LogP contribution >= 0.6 is 0 Å². The van der Waals surface area contributed by atoms with Gasteiger partial charge in [-0.2, -0.15) is 0 Å². The van der Waals surface area contributed by atoms with Gasteiger partial charge in [0, 0.05) is 0 Å². The summed E-state index contributed by atoms with van der Waals surface area (Å²) in [6.07, 6.45) is 10.5. The van der Waals surface area contributed by atoms with Gasteiger partial charge in [0.25, 0.3) is 0 Å². The van der Waals surface area contributed by atoms with Gasteiger partial charge in [-0.25, -0.2) is 0 Å². The molecule has 2 saturated carbocycles. The van der Waals surface area contributed by atoms with Crippen molar-refractivity contribution in [3.63, 3.8) is 0 Å². The van der Waals surface area contributed by atoms with Gasteiger partial charge in [-0.15, -0.1) is 4.91 Å². The highest BCUT2D eigenvalue weighted by molar-refractivity contribution is 5.01. The van der Waals surface area contributed by atoms with E-state index in [1.165, 1.54) is 51.4 Å². The topological polar surface area (TPSA) is 32.7 Å². The second-order valence-corrected chi connectivity index (χ2v) is 5.49. The third-order valence-corrected chi connectivity index (χ3v) is 4.89. The molecule has 3 rings (SSSR count). The highest BCUT2D eigenvalue weighted by Gasteiger charge is 2.50. The SMILES string of the molecule is O=NN1[C@H]2CCCC[C@@H]2[C@@H]2CCCC[C@@H]21. The van der Waals surface area contributed by atoms with Crippen LogP contribution in [0.3, 0.4) is 0 Å². The molecule has 1 aliphatic heterocycles. The minimum absolute atomic E-state index is 0.504. The molecule has 0 radical (unpaired) electrons. The van der Waals surface area contributed by atoms with E-state index in [1.807, 2.05) is 5.01 Å². The maximum atomic E-state index is 11.0. The molecule has 3 nitrogen and oxygen atoms in total. The molecule has 0 bridgehead atoms. The van der Waals surface area contributed by atoms with Crippen molar-refractivity contribution in [2.75, 3.05) is 0 Å². The molecular formula is C12H20N2O. The van der Waals surface area contributed by atoms with Crippen LogP contribution in [0.2, 0.25) is 0 Å². The van der Waals surface area contributed by atoms with Crippen molar-refractivity contribution < 1.29 is 0 Å². The van der Waals surface area contributed by atoms with Crippen molar-refractivity contribution in [2.24, 2.45) is 17.1 Å². The summed E-state index contributed by atoms with van der Waals surface area (Å²) in [5.74, 6) is 1.59. The van der Waals surface area contributed by atoms with E-state index < -0.39 is 0 Å². The number of fused-ring (bicyclic) bond motifs is 3. The zero-order chi connectivity index (χ0) is 10.3. The van der Waals surface area contributed by atoms with E-state index in [1.54, 1.807) is 0 Å². The van der Waals surface area contributed by atoms with Crippen LogP contribution in [-0.4, -0.2) is 17.1 Å². The maximum Gasteiger partial charge on any atom is 0.0537 e. The first kappa shape index (κ1) is 9.61. The maximum absolute atomic E-state index is 11.0. The fourth-order valence-corrected chi connectivity index (χ4v) is 4.30. The molecule has 0 amide bonds. The number of rotatable bonds is 1. The predicted molar refractivity (Wildman–Crippen MR) is 59.1 cm³/mol. The molecule has 84 valence electrons. The Labute approximate surface area is 91.2 Å². The summed E-state index contributed by atoms with van der Waals surface area (Å²) in [4.78, 5) is 11.0. The third kappa shape index (κ3) is 1.39. The van der Waals surface area contributed by atoms with E-state index >= 15 is 0 Å². The van der Waals surface area contributed by atoms with Gasteiger partial charge < -0.3 is 0 Å². The van der Waals surface area contributed by atoms with Gasteiger partial charge in [-0.05, 0) is 37.5 Å². The standard InChI is InChI=1S/C12H20N2O/c15-13-14-11-7-3-1-5-9(11)10-6-2-4-8-12(10)14/h9-12H,1-8H2/t9-,10+,11-,12-/m0/s1. The molecule has 3 fully saturated rings. The van der Waals surface area contributed by atoms with E-state index in [0.717, 1.165) is 11.8 Å². The van der Waals surface area contributed by atoms with E-state index in [-0.39, 0.29) is 0 Å². The van der Waals surface area contributed by atoms with Crippen LogP contribution in [0.5, 0.6) is 0 Å². The lowest BCUT2D eigenvalue weighted by molar-refractivity contribution is 0.142. The van der Waals surface area contributed by atoms with Crippen molar-refractivity contribution in [2.45, 2.75) is 63.5 Å². The monoisotopic (exact) mass is 208 g/mol. The van der Waals surface area contributed by atoms with Crippen molar-refractivity contribution >= 4 is 0 Å². The second kappa shape index (κ2) is 3.76. The van der Waals surface area contributed by atoms with Crippen LogP contribution in [-0.2, 0) is 0 Å². The molecule has 0 aromatic heterocycles. The molecule has 1 saturated heterocycles. The largest absolute Gasteiger partial charge is 0.254 e. The third-order valence-electron chi connectivity index (χ3n) is 4.89. The molecular weight excluding hydrogens is 188 g/mol. The molecule has 0 unspecified atom stereocenters.